The van der Waals surface area contributed by atoms with Gasteiger partial charge in [0.05, 0.1) is 16.0 Å². The Bertz CT molecular complexity index is 1060. The van der Waals surface area contributed by atoms with Crippen LogP contribution >= 0.6 is 11.3 Å². The lowest BCUT2D eigenvalue weighted by molar-refractivity contribution is 0.0697. The van der Waals surface area contributed by atoms with Crippen LogP contribution in [0.4, 0.5) is 8.78 Å². The molecule has 3 aromatic rings. The molecule has 3 rings (SSSR count). The first kappa shape index (κ1) is 18.7. The first-order chi connectivity index (χ1) is 12.8. The molecule has 1 heterocycles. The molecular formula is C20H14F2O4S. The number of carbonyl (C=O) groups is 2. The molecule has 7 heteroatoms. The number of thiophene rings is 1. The van der Waals surface area contributed by atoms with Crippen molar-refractivity contribution in [3.63, 3.8) is 0 Å². The Labute approximate surface area is 157 Å². The maximum Gasteiger partial charge on any atom is 0.337 e. The van der Waals surface area contributed by atoms with Gasteiger partial charge in [-0.1, -0.05) is 12.1 Å². The molecule has 1 aromatic heterocycles. The summed E-state index contributed by atoms with van der Waals surface area (Å²) >= 11 is 1.01. The molecule has 2 N–H and O–H groups in total. The van der Waals surface area contributed by atoms with E-state index in [4.69, 9.17) is 0 Å². The summed E-state index contributed by atoms with van der Waals surface area (Å²) in [6.07, 6.45) is -0.359. The number of phenols is 1. The maximum absolute atomic E-state index is 14.3. The molecule has 0 saturated carbocycles. The third-order valence-electron chi connectivity index (χ3n) is 4.06. The summed E-state index contributed by atoms with van der Waals surface area (Å²) in [6, 6.07) is 7.42. The minimum absolute atomic E-state index is 0.135. The first-order valence-electron chi connectivity index (χ1n) is 7.90. The molecule has 0 unspecified atom stereocenters. The fourth-order valence-electron chi connectivity index (χ4n) is 2.76. The normalized spacial score (nSPS) is 10.8. The van der Waals surface area contributed by atoms with Crippen LogP contribution in [0, 0.1) is 18.6 Å². The van der Waals surface area contributed by atoms with Crippen molar-refractivity contribution in [3.05, 3.63) is 75.7 Å². The maximum atomic E-state index is 14.3. The number of Topliss-reactive ketones (excluding diaryl/α,β-unsaturated/α-hetero) is 1. The second-order valence-electron chi connectivity index (χ2n) is 6.01. The number of carboxylic acids is 1. The average molecular weight is 388 g/mol. The van der Waals surface area contributed by atoms with Crippen molar-refractivity contribution in [1.82, 2.24) is 0 Å². The molecule has 0 aliphatic heterocycles. The summed E-state index contributed by atoms with van der Waals surface area (Å²) in [6.45, 7) is 1.72. The van der Waals surface area contributed by atoms with Crippen LogP contribution in [0.1, 0.15) is 31.8 Å². The van der Waals surface area contributed by atoms with E-state index in [0.717, 1.165) is 29.5 Å². The minimum Gasteiger partial charge on any atom is -0.507 e. The summed E-state index contributed by atoms with van der Waals surface area (Å²) in [7, 11) is 0. The van der Waals surface area contributed by atoms with Crippen LogP contribution in [-0.2, 0) is 6.42 Å². The zero-order chi connectivity index (χ0) is 19.7. The van der Waals surface area contributed by atoms with Gasteiger partial charge in [-0.15, -0.1) is 11.3 Å². The molecule has 0 atom stereocenters. The van der Waals surface area contributed by atoms with E-state index in [1.807, 2.05) is 0 Å². The largest absolute Gasteiger partial charge is 0.507 e. The van der Waals surface area contributed by atoms with Crippen molar-refractivity contribution in [2.75, 3.05) is 0 Å². The van der Waals surface area contributed by atoms with Crippen LogP contribution in [0.5, 0.6) is 5.75 Å². The third-order valence-corrected chi connectivity index (χ3v) is 5.12. The number of phenolic OH excluding ortho intramolecular Hbond substituents is 1. The van der Waals surface area contributed by atoms with Gasteiger partial charge in [-0.05, 0) is 47.7 Å². The molecule has 0 amide bonds. The molecule has 0 fully saturated rings. The number of aromatic carboxylic acids is 1. The second-order valence-corrected chi connectivity index (χ2v) is 6.89. The average Bonchev–Trinajstić information content (AvgIpc) is 3.00. The van der Waals surface area contributed by atoms with Crippen LogP contribution in [0.3, 0.4) is 0 Å². The lowest BCUT2D eigenvalue weighted by Crippen LogP contribution is -2.08. The lowest BCUT2D eigenvalue weighted by atomic mass is 9.98. The highest BCUT2D eigenvalue weighted by molar-refractivity contribution is 7.14. The molecule has 138 valence electrons. The van der Waals surface area contributed by atoms with Gasteiger partial charge in [0.15, 0.2) is 5.78 Å². The standard InChI is InChI=1S/C20H14F2O4S/c1-10-2-4-13(15(22)6-10)19-18(20(25)26)11(9-27-19)7-17(24)14-8-12(21)3-5-16(14)23/h2-6,8-9,23H,7H2,1H3,(H,25,26). The molecule has 27 heavy (non-hydrogen) atoms. The zero-order valence-corrected chi connectivity index (χ0v) is 14.9. The van der Waals surface area contributed by atoms with Gasteiger partial charge in [0, 0.05) is 12.0 Å². The Morgan fingerprint density at radius 1 is 1.11 bits per heavy atom. The summed E-state index contributed by atoms with van der Waals surface area (Å²) in [5, 5.41) is 20.8. The van der Waals surface area contributed by atoms with Gasteiger partial charge in [-0.3, -0.25) is 4.79 Å². The van der Waals surface area contributed by atoms with Crippen molar-refractivity contribution in [2.45, 2.75) is 13.3 Å². The van der Waals surface area contributed by atoms with Crippen LogP contribution < -0.4 is 0 Å². The Kier molecular flexibility index (Phi) is 5.05. The van der Waals surface area contributed by atoms with Crippen LogP contribution in [0.2, 0.25) is 0 Å². The minimum atomic E-state index is -1.29. The fraction of sp³-hybridized carbons (Fsp3) is 0.100. The number of hydrogen-bond donors (Lipinski definition) is 2. The number of benzene rings is 2. The van der Waals surface area contributed by atoms with E-state index < -0.39 is 29.1 Å². The highest BCUT2D eigenvalue weighted by Gasteiger charge is 2.24. The number of carboxylic acid groups (broad SMARTS) is 1. The van der Waals surface area contributed by atoms with Gasteiger partial charge in [0.25, 0.3) is 0 Å². The summed E-state index contributed by atoms with van der Waals surface area (Å²) < 4.78 is 27.6. The molecule has 0 saturated heterocycles. The van der Waals surface area contributed by atoms with E-state index in [1.165, 1.54) is 17.5 Å². The molecule has 0 aliphatic carbocycles. The van der Waals surface area contributed by atoms with E-state index in [-0.39, 0.29) is 33.6 Å². The highest BCUT2D eigenvalue weighted by Crippen LogP contribution is 2.36. The topological polar surface area (TPSA) is 74.6 Å². The lowest BCUT2D eigenvalue weighted by Gasteiger charge is -2.07. The summed E-state index contributed by atoms with van der Waals surface area (Å²) in [5.74, 6) is -3.57. The number of rotatable bonds is 5. The van der Waals surface area contributed by atoms with E-state index in [0.29, 0.717) is 5.56 Å². The summed E-state index contributed by atoms with van der Waals surface area (Å²) in [4.78, 5) is 24.4. The first-order valence-corrected chi connectivity index (χ1v) is 8.77. The Balaban J connectivity index is 2.02. The number of halogens is 2. The summed E-state index contributed by atoms with van der Waals surface area (Å²) in [5.41, 5.74) is 0.598. The molecule has 0 spiro atoms. The number of aryl methyl sites for hydroxylation is 1. The number of hydrogen-bond acceptors (Lipinski definition) is 4. The van der Waals surface area contributed by atoms with Gasteiger partial charge in [0.1, 0.15) is 17.4 Å². The van der Waals surface area contributed by atoms with E-state index in [1.54, 1.807) is 13.0 Å². The highest BCUT2D eigenvalue weighted by atomic mass is 32.1. The molecular weight excluding hydrogens is 374 g/mol. The monoisotopic (exact) mass is 388 g/mol. The van der Waals surface area contributed by atoms with Gasteiger partial charge in [0.2, 0.25) is 0 Å². The molecule has 2 aromatic carbocycles. The zero-order valence-electron chi connectivity index (χ0n) is 14.1. The van der Waals surface area contributed by atoms with Gasteiger partial charge >= 0.3 is 5.97 Å². The van der Waals surface area contributed by atoms with E-state index in [9.17, 15) is 28.6 Å². The fourth-order valence-corrected chi connectivity index (χ4v) is 3.85. The number of ketones is 1. The molecule has 4 nitrogen and oxygen atoms in total. The SMILES string of the molecule is Cc1ccc(-c2scc(CC(=O)c3cc(F)ccc3O)c2C(=O)O)c(F)c1. The van der Waals surface area contributed by atoms with Crippen molar-refractivity contribution in [2.24, 2.45) is 0 Å². The Morgan fingerprint density at radius 3 is 2.52 bits per heavy atom. The van der Waals surface area contributed by atoms with Crippen molar-refractivity contribution >= 4 is 23.1 Å². The van der Waals surface area contributed by atoms with Crippen LogP contribution in [0.25, 0.3) is 10.4 Å². The second kappa shape index (κ2) is 7.28. The number of carbonyl (C=O) groups excluding carboxylic acids is 1. The number of aromatic hydroxyl groups is 1. The van der Waals surface area contributed by atoms with Crippen LogP contribution in [-0.4, -0.2) is 22.0 Å². The Hall–Kier alpha value is -3.06. The smallest absolute Gasteiger partial charge is 0.337 e. The van der Waals surface area contributed by atoms with Gasteiger partial charge < -0.3 is 10.2 Å². The van der Waals surface area contributed by atoms with Crippen LogP contribution in [0.15, 0.2) is 41.8 Å². The van der Waals surface area contributed by atoms with Crippen molar-refractivity contribution in [3.8, 4) is 16.2 Å². The predicted molar refractivity (Wildman–Crippen MR) is 97.5 cm³/mol. The molecule has 0 radical (unpaired) electrons. The molecule has 0 bridgehead atoms. The van der Waals surface area contributed by atoms with Crippen molar-refractivity contribution < 1.29 is 28.6 Å². The quantitative estimate of drug-likeness (QED) is 0.614. The van der Waals surface area contributed by atoms with Gasteiger partial charge in [-0.2, -0.15) is 0 Å². The van der Waals surface area contributed by atoms with E-state index >= 15 is 0 Å². The van der Waals surface area contributed by atoms with Gasteiger partial charge in [-0.25, -0.2) is 13.6 Å². The third kappa shape index (κ3) is 3.73. The Morgan fingerprint density at radius 2 is 1.85 bits per heavy atom. The van der Waals surface area contributed by atoms with Crippen molar-refractivity contribution in [1.29, 1.82) is 0 Å². The molecule has 0 aliphatic rings. The van der Waals surface area contributed by atoms with E-state index in [2.05, 4.69) is 0 Å². The predicted octanol–water partition coefficient (Wildman–Crippen LogP) is 4.83.